The molecule has 3 aliphatic heterocycles. The predicted octanol–water partition coefficient (Wildman–Crippen LogP) is 4.76. The smallest absolute Gasteiger partial charge is 0.417 e. The molecule has 3 aliphatic rings. The zero-order valence-electron chi connectivity index (χ0n) is 21.7. The number of aromatic nitrogens is 3. The highest BCUT2D eigenvalue weighted by Gasteiger charge is 2.47. The molecule has 0 spiro atoms. The molecule has 39 heavy (non-hydrogen) atoms. The van der Waals surface area contributed by atoms with Crippen LogP contribution in [-0.4, -0.2) is 51.8 Å². The van der Waals surface area contributed by atoms with Crippen molar-refractivity contribution in [3.05, 3.63) is 28.8 Å². The van der Waals surface area contributed by atoms with E-state index in [9.17, 15) is 17.6 Å². The zero-order chi connectivity index (χ0) is 28.0. The van der Waals surface area contributed by atoms with Crippen LogP contribution in [0.25, 0.3) is 22.2 Å². The fourth-order valence-electron chi connectivity index (χ4n) is 6.10. The maximum atomic E-state index is 16.3. The van der Waals surface area contributed by atoms with Crippen LogP contribution in [0.2, 0.25) is 0 Å². The van der Waals surface area contributed by atoms with Crippen LogP contribution in [-0.2, 0) is 6.18 Å². The van der Waals surface area contributed by atoms with Crippen molar-refractivity contribution in [2.24, 2.45) is 0 Å². The van der Waals surface area contributed by atoms with Crippen LogP contribution in [0.15, 0.2) is 6.07 Å². The summed E-state index contributed by atoms with van der Waals surface area (Å²) in [4.78, 5) is 15.2. The molecule has 3 aromatic rings. The maximum Gasteiger partial charge on any atom is 0.417 e. The van der Waals surface area contributed by atoms with Crippen LogP contribution >= 0.6 is 0 Å². The summed E-state index contributed by atoms with van der Waals surface area (Å²) in [5.74, 6) is -2.14. The Balaban J connectivity index is 1.67. The Labute approximate surface area is 220 Å². The quantitative estimate of drug-likeness (QED) is 0.356. The molecule has 0 aliphatic carbocycles. The van der Waals surface area contributed by atoms with Crippen molar-refractivity contribution in [2.45, 2.75) is 77.0 Å². The van der Waals surface area contributed by atoms with Crippen molar-refractivity contribution in [3.63, 3.8) is 0 Å². The molecule has 2 bridgehead atoms. The number of benzene rings is 1. The van der Waals surface area contributed by atoms with Crippen molar-refractivity contribution >= 4 is 22.4 Å². The first-order chi connectivity index (χ1) is 18.3. The van der Waals surface area contributed by atoms with Crippen LogP contribution < -0.4 is 25.4 Å². The third-order valence-electron chi connectivity index (χ3n) is 7.63. The third kappa shape index (κ3) is 4.00. The number of alkyl halides is 3. The Morgan fingerprint density at radius 3 is 2.59 bits per heavy atom. The van der Waals surface area contributed by atoms with E-state index in [-0.39, 0.29) is 47.0 Å². The summed E-state index contributed by atoms with van der Waals surface area (Å²) in [6.07, 6.45) is -4.01. The molecule has 2 saturated heterocycles. The summed E-state index contributed by atoms with van der Waals surface area (Å²) in [6.45, 7) is 6.85. The number of ether oxygens (including phenoxy) is 2. The Kier molecular flexibility index (Phi) is 5.79. The van der Waals surface area contributed by atoms with Crippen molar-refractivity contribution in [1.82, 2.24) is 20.3 Å². The van der Waals surface area contributed by atoms with Crippen LogP contribution in [0.1, 0.15) is 44.7 Å². The summed E-state index contributed by atoms with van der Waals surface area (Å²) >= 11 is 0. The van der Waals surface area contributed by atoms with Crippen LogP contribution in [0.5, 0.6) is 11.9 Å². The Morgan fingerprint density at radius 1 is 1.15 bits per heavy atom. The van der Waals surface area contributed by atoms with Gasteiger partial charge in [-0.3, -0.25) is 0 Å². The Morgan fingerprint density at radius 2 is 1.90 bits per heavy atom. The lowest BCUT2D eigenvalue weighted by atomic mass is 9.96. The van der Waals surface area contributed by atoms with Gasteiger partial charge in [0.2, 0.25) is 5.88 Å². The molecule has 8 nitrogen and oxygen atoms in total. The summed E-state index contributed by atoms with van der Waals surface area (Å²) in [5.41, 5.74) is 1.28. The third-order valence-corrected chi connectivity index (χ3v) is 7.63. The van der Waals surface area contributed by atoms with E-state index in [1.54, 1.807) is 13.8 Å². The van der Waals surface area contributed by atoms with E-state index in [1.807, 2.05) is 11.8 Å². The van der Waals surface area contributed by atoms with E-state index >= 15 is 4.39 Å². The van der Waals surface area contributed by atoms with Crippen molar-refractivity contribution in [1.29, 1.82) is 0 Å². The van der Waals surface area contributed by atoms with Gasteiger partial charge in [-0.2, -0.15) is 23.1 Å². The number of piperazine rings is 1. The van der Waals surface area contributed by atoms with Crippen LogP contribution in [0, 0.1) is 18.6 Å². The number of rotatable bonds is 3. The van der Waals surface area contributed by atoms with Crippen molar-refractivity contribution in [2.75, 3.05) is 17.2 Å². The average Bonchev–Trinajstić information content (AvgIpc) is 3.16. The molecule has 4 atom stereocenters. The van der Waals surface area contributed by atoms with Crippen molar-refractivity contribution in [3.8, 4) is 23.1 Å². The molecule has 2 fully saturated rings. The lowest BCUT2D eigenvalue weighted by molar-refractivity contribution is -0.137. The van der Waals surface area contributed by atoms with E-state index in [0.717, 1.165) is 25.8 Å². The zero-order valence-corrected chi connectivity index (χ0v) is 21.7. The highest BCUT2D eigenvalue weighted by Crippen LogP contribution is 2.47. The summed E-state index contributed by atoms with van der Waals surface area (Å²) < 4.78 is 85.4. The predicted molar refractivity (Wildman–Crippen MR) is 134 cm³/mol. The molecule has 6 rings (SSSR count). The number of pyridine rings is 1. The second-order valence-corrected chi connectivity index (χ2v) is 10.6. The number of halogens is 5. The normalized spacial score (nSPS) is 24.1. The average molecular weight is 551 g/mol. The molecule has 1 aromatic carbocycles. The van der Waals surface area contributed by atoms with Gasteiger partial charge < -0.3 is 25.4 Å². The number of hydrogen-bond acceptors (Lipinski definition) is 8. The van der Waals surface area contributed by atoms with Gasteiger partial charge in [-0.1, -0.05) is 0 Å². The van der Waals surface area contributed by atoms with Crippen molar-refractivity contribution < 1.29 is 31.4 Å². The van der Waals surface area contributed by atoms with Gasteiger partial charge >= 0.3 is 12.2 Å². The van der Waals surface area contributed by atoms with Gasteiger partial charge in [0, 0.05) is 24.2 Å². The summed E-state index contributed by atoms with van der Waals surface area (Å²) in [5, 5.41) is 3.72. The molecule has 0 amide bonds. The highest BCUT2D eigenvalue weighted by atomic mass is 19.4. The monoisotopic (exact) mass is 550 g/mol. The Hall–Kier alpha value is -3.48. The molecular weight excluding hydrogens is 523 g/mol. The molecule has 3 N–H and O–H groups in total. The van der Waals surface area contributed by atoms with E-state index < -0.39 is 52.0 Å². The SMILES string of the molecule is Cc1c(F)c(N)cc(-c2nc3c4c(nc(OC(C)C)nc4c2F)N2C[C@H]4CC[C@H](N4)[C@H]2[C@H](C)O3)c1C(F)(F)F. The minimum absolute atomic E-state index is 0.0632. The van der Waals surface area contributed by atoms with Crippen LogP contribution in [0.4, 0.5) is 33.5 Å². The maximum absolute atomic E-state index is 16.3. The van der Waals surface area contributed by atoms with Gasteiger partial charge in [0.1, 0.15) is 34.3 Å². The molecule has 5 heterocycles. The van der Waals surface area contributed by atoms with E-state index in [0.29, 0.717) is 12.4 Å². The number of anilines is 2. The van der Waals surface area contributed by atoms with E-state index in [1.165, 1.54) is 0 Å². The van der Waals surface area contributed by atoms with Gasteiger partial charge in [-0.05, 0) is 52.2 Å². The van der Waals surface area contributed by atoms with Gasteiger partial charge in [-0.25, -0.2) is 13.8 Å². The first kappa shape index (κ1) is 25.8. The van der Waals surface area contributed by atoms with E-state index in [2.05, 4.69) is 20.3 Å². The highest BCUT2D eigenvalue weighted by molar-refractivity contribution is 5.97. The minimum Gasteiger partial charge on any atom is -0.472 e. The first-order valence-corrected chi connectivity index (χ1v) is 12.8. The minimum atomic E-state index is -5.02. The largest absolute Gasteiger partial charge is 0.472 e. The molecule has 0 radical (unpaired) electrons. The molecule has 2 aromatic heterocycles. The number of nitrogen functional groups attached to an aromatic ring is 1. The number of fused-ring (bicyclic) bond motifs is 5. The lowest BCUT2D eigenvalue weighted by Crippen LogP contribution is -2.62. The number of nitrogens with zero attached hydrogens (tertiary/aromatic N) is 4. The number of hydrogen-bond donors (Lipinski definition) is 2. The van der Waals surface area contributed by atoms with Gasteiger partial charge in [0.15, 0.2) is 5.82 Å². The van der Waals surface area contributed by atoms with Crippen LogP contribution in [0.3, 0.4) is 0 Å². The van der Waals surface area contributed by atoms with E-state index in [4.69, 9.17) is 15.2 Å². The topological polar surface area (TPSA) is 98.4 Å². The second-order valence-electron chi connectivity index (χ2n) is 10.6. The second kappa shape index (κ2) is 8.77. The van der Waals surface area contributed by atoms with Gasteiger partial charge in [0.05, 0.1) is 23.4 Å². The Bertz CT molecular complexity index is 1500. The first-order valence-electron chi connectivity index (χ1n) is 12.8. The van der Waals surface area contributed by atoms with Gasteiger partial charge in [0.25, 0.3) is 0 Å². The fourth-order valence-corrected chi connectivity index (χ4v) is 6.10. The molecule has 13 heteroatoms. The number of nitrogens with two attached hydrogens (primary N) is 1. The molecule has 0 unspecified atom stereocenters. The molecule has 208 valence electrons. The number of nitrogens with one attached hydrogen (secondary N) is 1. The standard InChI is InChI=1S/C26H27F5N6O2/c1-9(2)38-25-35-21-16-23(36-25)37-8-12-5-6-15(33-12)22(37)11(4)39-24(16)34-20(19(21)28)13-7-14(32)18(27)10(3)17(13)26(29,30)31/h7,9,11-12,15,22,33H,5-6,8,32H2,1-4H3/t11-,12+,15-,22+/m0/s1. The molecule has 0 saturated carbocycles. The lowest BCUT2D eigenvalue weighted by Gasteiger charge is -2.42. The molecular formula is C26H27F5N6O2. The summed E-state index contributed by atoms with van der Waals surface area (Å²) in [7, 11) is 0. The van der Waals surface area contributed by atoms with Gasteiger partial charge in [-0.15, -0.1) is 0 Å². The fraction of sp³-hybridized carbons (Fsp3) is 0.500. The summed E-state index contributed by atoms with van der Waals surface area (Å²) in [6, 6.07) is 0.669.